The maximum Gasteiger partial charge on any atom is 0.273 e. The molecule has 0 saturated carbocycles. The van der Waals surface area contributed by atoms with Crippen molar-refractivity contribution in [1.82, 2.24) is 25.6 Å². The first-order chi connectivity index (χ1) is 13.1. The Morgan fingerprint density at radius 1 is 1.26 bits per heavy atom. The normalized spacial score (nSPS) is 15.4. The second-order valence-electron chi connectivity index (χ2n) is 6.55. The minimum atomic E-state index is -0.294. The molecule has 0 unspecified atom stereocenters. The third-order valence-electron chi connectivity index (χ3n) is 4.52. The average molecular weight is 365 g/mol. The first-order valence-corrected chi connectivity index (χ1v) is 8.71. The van der Waals surface area contributed by atoms with Gasteiger partial charge in [-0.3, -0.25) is 14.3 Å². The Hall–Kier alpha value is -3.42. The van der Waals surface area contributed by atoms with Gasteiger partial charge in [0.1, 0.15) is 5.76 Å². The van der Waals surface area contributed by atoms with Gasteiger partial charge in [-0.05, 0) is 12.5 Å². The number of carbonyl (C=O) groups is 2. The molecule has 8 heteroatoms. The molecular formula is C19H19N5O3. The van der Waals surface area contributed by atoms with Crippen molar-refractivity contribution < 1.29 is 14.1 Å². The largest absolute Gasteiger partial charge is 0.361 e. The Morgan fingerprint density at radius 2 is 2.07 bits per heavy atom. The number of aromatic nitrogens is 3. The molecule has 3 aromatic rings. The van der Waals surface area contributed by atoms with Gasteiger partial charge in [0.25, 0.3) is 11.8 Å². The first kappa shape index (κ1) is 17.0. The number of benzene rings is 1. The number of carbonyl (C=O) groups excluding carboxylic acids is 2. The second-order valence-corrected chi connectivity index (χ2v) is 6.55. The number of rotatable bonds is 5. The molecule has 1 aliphatic rings. The summed E-state index contributed by atoms with van der Waals surface area (Å²) in [5.74, 6) is 0.119. The van der Waals surface area contributed by atoms with E-state index in [2.05, 4.69) is 20.9 Å². The highest BCUT2D eigenvalue weighted by molar-refractivity contribution is 5.95. The number of aryl methyl sites for hydroxylation is 1. The van der Waals surface area contributed by atoms with E-state index in [9.17, 15) is 9.59 Å². The van der Waals surface area contributed by atoms with E-state index in [4.69, 9.17) is 4.52 Å². The topological polar surface area (TPSA) is 102 Å². The molecule has 0 radical (unpaired) electrons. The summed E-state index contributed by atoms with van der Waals surface area (Å²) in [7, 11) is 0. The molecule has 0 spiro atoms. The van der Waals surface area contributed by atoms with Crippen LogP contribution in [0.2, 0.25) is 0 Å². The molecule has 2 amide bonds. The van der Waals surface area contributed by atoms with Crippen LogP contribution in [0, 0.1) is 6.92 Å². The summed E-state index contributed by atoms with van der Waals surface area (Å²) in [5, 5.41) is 13.8. The van der Waals surface area contributed by atoms with E-state index in [-0.39, 0.29) is 23.6 Å². The second kappa shape index (κ2) is 7.06. The van der Waals surface area contributed by atoms with Gasteiger partial charge in [0.2, 0.25) is 0 Å². The minimum absolute atomic E-state index is 0.140. The third-order valence-corrected chi connectivity index (χ3v) is 4.52. The van der Waals surface area contributed by atoms with Crippen molar-refractivity contribution in [2.75, 3.05) is 0 Å². The van der Waals surface area contributed by atoms with E-state index in [1.807, 2.05) is 30.3 Å². The first-order valence-electron chi connectivity index (χ1n) is 8.71. The van der Waals surface area contributed by atoms with Crippen LogP contribution in [-0.2, 0) is 19.5 Å². The van der Waals surface area contributed by atoms with Crippen molar-refractivity contribution in [3.05, 3.63) is 70.9 Å². The van der Waals surface area contributed by atoms with Crippen LogP contribution in [-0.4, -0.2) is 32.8 Å². The number of fused-ring (bicyclic) bond motifs is 1. The number of amides is 2. The molecule has 1 aliphatic heterocycles. The van der Waals surface area contributed by atoms with Crippen molar-refractivity contribution in [3.8, 4) is 0 Å². The van der Waals surface area contributed by atoms with E-state index >= 15 is 0 Å². The van der Waals surface area contributed by atoms with E-state index in [0.717, 1.165) is 11.3 Å². The van der Waals surface area contributed by atoms with E-state index in [0.29, 0.717) is 30.8 Å². The van der Waals surface area contributed by atoms with Crippen molar-refractivity contribution in [1.29, 1.82) is 0 Å². The monoisotopic (exact) mass is 365 g/mol. The summed E-state index contributed by atoms with van der Waals surface area (Å²) in [6, 6.07) is 11.2. The molecular weight excluding hydrogens is 346 g/mol. The summed E-state index contributed by atoms with van der Waals surface area (Å²) in [6.45, 7) is 2.70. The maximum atomic E-state index is 12.5. The minimum Gasteiger partial charge on any atom is -0.361 e. The lowest BCUT2D eigenvalue weighted by molar-refractivity contribution is 0.0926. The smallest absolute Gasteiger partial charge is 0.273 e. The zero-order chi connectivity index (χ0) is 18.8. The fraction of sp³-hybridized carbons (Fsp3) is 0.263. The highest BCUT2D eigenvalue weighted by atomic mass is 16.5. The molecule has 0 fully saturated rings. The Kier molecular flexibility index (Phi) is 4.45. The van der Waals surface area contributed by atoms with Crippen molar-refractivity contribution in [2.45, 2.75) is 32.5 Å². The molecule has 0 bridgehead atoms. The molecule has 0 saturated heterocycles. The van der Waals surface area contributed by atoms with Crippen LogP contribution in [0.25, 0.3) is 0 Å². The van der Waals surface area contributed by atoms with Crippen LogP contribution >= 0.6 is 0 Å². The molecule has 4 rings (SSSR count). The molecule has 1 aromatic carbocycles. The zero-order valence-corrected chi connectivity index (χ0v) is 14.8. The Morgan fingerprint density at radius 3 is 2.81 bits per heavy atom. The lowest BCUT2D eigenvalue weighted by atomic mass is 10.1. The van der Waals surface area contributed by atoms with Crippen molar-refractivity contribution in [2.24, 2.45) is 0 Å². The Bertz CT molecular complexity index is 976. The molecule has 3 heterocycles. The van der Waals surface area contributed by atoms with Crippen LogP contribution in [0.3, 0.4) is 0 Å². The number of hydrogen-bond acceptors (Lipinski definition) is 5. The summed E-state index contributed by atoms with van der Waals surface area (Å²) >= 11 is 0. The molecule has 1 atom stereocenters. The number of nitrogens with one attached hydrogen (secondary N) is 2. The number of nitrogens with zero attached hydrogens (tertiary/aromatic N) is 3. The van der Waals surface area contributed by atoms with Gasteiger partial charge in [-0.15, -0.1) is 0 Å². The summed E-state index contributed by atoms with van der Waals surface area (Å²) < 4.78 is 6.69. The molecule has 138 valence electrons. The fourth-order valence-electron chi connectivity index (χ4n) is 3.18. The summed E-state index contributed by atoms with van der Waals surface area (Å²) in [4.78, 5) is 24.7. The van der Waals surface area contributed by atoms with Gasteiger partial charge >= 0.3 is 0 Å². The van der Waals surface area contributed by atoms with E-state index < -0.39 is 0 Å². The fourth-order valence-corrected chi connectivity index (χ4v) is 3.18. The van der Waals surface area contributed by atoms with Gasteiger partial charge in [0.15, 0.2) is 5.69 Å². The zero-order valence-electron chi connectivity index (χ0n) is 14.8. The lowest BCUT2D eigenvalue weighted by Gasteiger charge is -2.10. The van der Waals surface area contributed by atoms with Gasteiger partial charge in [-0.25, -0.2) is 0 Å². The predicted octanol–water partition coefficient (Wildman–Crippen LogP) is 1.46. The Labute approximate surface area is 155 Å². The molecule has 0 aliphatic carbocycles. The highest BCUT2D eigenvalue weighted by Gasteiger charge is 2.29. The molecule has 27 heavy (non-hydrogen) atoms. The quantitative estimate of drug-likeness (QED) is 0.713. The Balaban J connectivity index is 1.38. The van der Waals surface area contributed by atoms with Crippen LogP contribution in [0.4, 0.5) is 0 Å². The van der Waals surface area contributed by atoms with Gasteiger partial charge in [0.05, 0.1) is 30.0 Å². The van der Waals surface area contributed by atoms with E-state index in [1.54, 1.807) is 23.9 Å². The predicted molar refractivity (Wildman–Crippen MR) is 96.0 cm³/mol. The maximum absolute atomic E-state index is 12.5. The summed E-state index contributed by atoms with van der Waals surface area (Å²) in [6.07, 6.45) is 2.12. The van der Waals surface area contributed by atoms with Crippen LogP contribution in [0.15, 0.2) is 47.1 Å². The SMILES string of the molecule is Cc1cc(C(=O)N[C@H]2Cc3c(C(=O)NCc4ccccc4)cnn3C2)no1. The average Bonchev–Trinajstić information content (AvgIpc) is 3.36. The third kappa shape index (κ3) is 3.59. The summed E-state index contributed by atoms with van der Waals surface area (Å²) in [5.41, 5.74) is 2.64. The molecule has 2 N–H and O–H groups in total. The lowest BCUT2D eigenvalue weighted by Crippen LogP contribution is -2.36. The number of hydrogen-bond donors (Lipinski definition) is 2. The standard InChI is InChI=1S/C19H19N5O3/c1-12-7-16(23-27-12)19(26)22-14-8-17-15(10-21-24(17)11-14)18(25)20-9-13-5-3-2-4-6-13/h2-7,10,14H,8-9,11H2,1H3,(H,20,25)(H,22,26)/t14-/m0/s1. The highest BCUT2D eigenvalue weighted by Crippen LogP contribution is 2.19. The van der Waals surface area contributed by atoms with Gasteiger partial charge in [-0.2, -0.15) is 5.10 Å². The van der Waals surface area contributed by atoms with Gasteiger partial charge < -0.3 is 15.2 Å². The molecule has 8 nitrogen and oxygen atoms in total. The van der Waals surface area contributed by atoms with Crippen LogP contribution in [0.5, 0.6) is 0 Å². The van der Waals surface area contributed by atoms with E-state index in [1.165, 1.54) is 0 Å². The van der Waals surface area contributed by atoms with Gasteiger partial charge in [0, 0.05) is 19.0 Å². The van der Waals surface area contributed by atoms with Crippen LogP contribution in [0.1, 0.15) is 37.9 Å². The van der Waals surface area contributed by atoms with Gasteiger partial charge in [-0.1, -0.05) is 35.5 Å². The van der Waals surface area contributed by atoms with Crippen molar-refractivity contribution >= 4 is 11.8 Å². The van der Waals surface area contributed by atoms with Crippen molar-refractivity contribution in [3.63, 3.8) is 0 Å². The molecule has 2 aromatic heterocycles. The van der Waals surface area contributed by atoms with Crippen LogP contribution < -0.4 is 10.6 Å².